The van der Waals surface area contributed by atoms with Crippen molar-refractivity contribution in [1.29, 1.82) is 0 Å². The van der Waals surface area contributed by atoms with Crippen LogP contribution in [0.1, 0.15) is 47.2 Å². The van der Waals surface area contributed by atoms with Crippen LogP contribution < -0.4 is 5.56 Å². The lowest BCUT2D eigenvalue weighted by atomic mass is 10.1. The fourth-order valence-electron chi connectivity index (χ4n) is 4.68. The van der Waals surface area contributed by atoms with Crippen LogP contribution in [-0.2, 0) is 17.8 Å². The van der Waals surface area contributed by atoms with Gasteiger partial charge in [-0.2, -0.15) is 0 Å². The van der Waals surface area contributed by atoms with Crippen LogP contribution in [0, 0.1) is 6.92 Å². The van der Waals surface area contributed by atoms with Crippen molar-refractivity contribution in [1.82, 2.24) is 14.4 Å². The van der Waals surface area contributed by atoms with Gasteiger partial charge in [-0.1, -0.05) is 43.2 Å². The lowest BCUT2D eigenvalue weighted by molar-refractivity contribution is 0.0362. The summed E-state index contributed by atoms with van der Waals surface area (Å²) in [4.78, 5) is 31.3. The Hall–Kier alpha value is -2.44. The lowest BCUT2D eigenvalue weighted by Gasteiger charge is -2.30. The Bertz CT molecular complexity index is 929. The van der Waals surface area contributed by atoms with Gasteiger partial charge in [0.05, 0.1) is 13.2 Å². The topological polar surface area (TPSA) is 54.8 Å². The molecule has 2 heterocycles. The number of benzene rings is 1. The van der Waals surface area contributed by atoms with E-state index in [9.17, 15) is 9.59 Å². The van der Waals surface area contributed by atoms with Crippen LogP contribution in [-0.4, -0.2) is 59.2 Å². The normalized spacial score (nSPS) is 17.7. The van der Waals surface area contributed by atoms with E-state index in [1.807, 2.05) is 54.4 Å². The highest BCUT2D eigenvalue weighted by atomic mass is 16.5. The van der Waals surface area contributed by atoms with Crippen molar-refractivity contribution < 1.29 is 9.53 Å². The Balaban J connectivity index is 1.57. The first kappa shape index (κ1) is 21.8. The van der Waals surface area contributed by atoms with E-state index in [2.05, 4.69) is 4.90 Å². The van der Waals surface area contributed by atoms with E-state index >= 15 is 0 Å². The van der Waals surface area contributed by atoms with Gasteiger partial charge >= 0.3 is 0 Å². The molecule has 1 amide bonds. The van der Waals surface area contributed by atoms with Crippen molar-refractivity contribution in [2.45, 2.75) is 51.7 Å². The zero-order valence-electron chi connectivity index (χ0n) is 18.5. The van der Waals surface area contributed by atoms with Gasteiger partial charge in [0.15, 0.2) is 0 Å². The predicted molar refractivity (Wildman–Crippen MR) is 121 cm³/mol. The third-order valence-electron chi connectivity index (χ3n) is 6.57. The maximum absolute atomic E-state index is 13.7. The number of nitrogens with zero attached hydrogens (tertiary/aromatic N) is 3. The van der Waals surface area contributed by atoms with Crippen molar-refractivity contribution in [3.05, 3.63) is 69.6 Å². The number of morpholine rings is 1. The molecular weight excluding hydrogens is 390 g/mol. The van der Waals surface area contributed by atoms with Gasteiger partial charge in [0, 0.05) is 45.0 Å². The maximum atomic E-state index is 13.7. The molecule has 4 rings (SSSR count). The maximum Gasteiger partial charge on any atom is 0.263 e. The molecule has 2 aromatic rings. The van der Waals surface area contributed by atoms with E-state index in [0.717, 1.165) is 69.7 Å². The Morgan fingerprint density at radius 3 is 2.48 bits per heavy atom. The van der Waals surface area contributed by atoms with Gasteiger partial charge in [0.25, 0.3) is 11.5 Å². The van der Waals surface area contributed by atoms with Gasteiger partial charge in [-0.3, -0.25) is 14.5 Å². The second-order valence-electron chi connectivity index (χ2n) is 8.68. The standard InChI is InChI=1S/C25H33N3O3/c1-20-11-12-27(14-13-26-15-17-31-18-16-26)24(29)23(20)25(30)28(22-9-5-6-10-22)19-21-7-3-2-4-8-21/h2-4,7-8,11-12,22H,5-6,9-10,13-19H2,1H3. The summed E-state index contributed by atoms with van der Waals surface area (Å²) >= 11 is 0. The van der Waals surface area contributed by atoms with Crippen LogP contribution in [0.4, 0.5) is 0 Å². The largest absolute Gasteiger partial charge is 0.379 e. The molecule has 31 heavy (non-hydrogen) atoms. The molecule has 6 heteroatoms. The van der Waals surface area contributed by atoms with Gasteiger partial charge in [0.2, 0.25) is 0 Å². The second kappa shape index (κ2) is 10.2. The van der Waals surface area contributed by atoms with Crippen molar-refractivity contribution >= 4 is 5.91 Å². The summed E-state index contributed by atoms with van der Waals surface area (Å²) in [5.41, 5.74) is 2.01. The molecule has 0 N–H and O–H groups in total. The molecule has 0 radical (unpaired) electrons. The second-order valence-corrected chi connectivity index (χ2v) is 8.68. The number of ether oxygens (including phenoxy) is 1. The highest BCUT2D eigenvalue weighted by molar-refractivity contribution is 5.95. The van der Waals surface area contributed by atoms with Crippen LogP contribution >= 0.6 is 0 Å². The summed E-state index contributed by atoms with van der Waals surface area (Å²) in [6, 6.07) is 12.2. The van der Waals surface area contributed by atoms with Crippen LogP contribution in [0.2, 0.25) is 0 Å². The summed E-state index contributed by atoms with van der Waals surface area (Å²) in [7, 11) is 0. The fraction of sp³-hybridized carbons (Fsp3) is 0.520. The van der Waals surface area contributed by atoms with Gasteiger partial charge in [-0.25, -0.2) is 0 Å². The number of aromatic nitrogens is 1. The number of pyridine rings is 1. The minimum absolute atomic E-state index is 0.126. The molecule has 1 saturated heterocycles. The predicted octanol–water partition coefficient (Wildman–Crippen LogP) is 3.07. The number of hydrogen-bond acceptors (Lipinski definition) is 4. The number of carbonyl (C=O) groups excluding carboxylic acids is 1. The van der Waals surface area contributed by atoms with Crippen molar-refractivity contribution in [3.8, 4) is 0 Å². The van der Waals surface area contributed by atoms with Gasteiger partial charge in [-0.05, 0) is 37.0 Å². The Labute approximate surface area is 184 Å². The van der Waals surface area contributed by atoms with Crippen LogP contribution in [0.25, 0.3) is 0 Å². The highest BCUT2D eigenvalue weighted by Crippen LogP contribution is 2.26. The van der Waals surface area contributed by atoms with E-state index < -0.39 is 0 Å². The number of hydrogen-bond donors (Lipinski definition) is 0. The van der Waals surface area contributed by atoms with Crippen molar-refractivity contribution in [3.63, 3.8) is 0 Å². The molecule has 0 spiro atoms. The third-order valence-corrected chi connectivity index (χ3v) is 6.57. The SMILES string of the molecule is Cc1ccn(CCN2CCOCC2)c(=O)c1C(=O)N(Cc1ccccc1)C1CCCC1. The number of carbonyl (C=O) groups is 1. The van der Waals surface area contributed by atoms with Crippen molar-refractivity contribution in [2.75, 3.05) is 32.8 Å². The zero-order valence-corrected chi connectivity index (χ0v) is 18.5. The Kier molecular flexibility index (Phi) is 7.20. The average Bonchev–Trinajstić information content (AvgIpc) is 3.33. The molecule has 0 unspecified atom stereocenters. The van der Waals surface area contributed by atoms with Crippen LogP contribution in [0.15, 0.2) is 47.4 Å². The molecule has 1 aromatic heterocycles. The molecule has 0 bridgehead atoms. The van der Waals surface area contributed by atoms with Crippen molar-refractivity contribution in [2.24, 2.45) is 0 Å². The summed E-state index contributed by atoms with van der Waals surface area (Å²) in [5.74, 6) is -0.126. The average molecular weight is 424 g/mol. The van der Waals surface area contributed by atoms with Gasteiger partial charge < -0.3 is 14.2 Å². The van der Waals surface area contributed by atoms with E-state index in [0.29, 0.717) is 18.7 Å². The molecule has 1 aliphatic carbocycles. The van der Waals surface area contributed by atoms with E-state index in [4.69, 9.17) is 4.74 Å². The highest BCUT2D eigenvalue weighted by Gasteiger charge is 2.30. The summed E-state index contributed by atoms with van der Waals surface area (Å²) in [5, 5.41) is 0. The summed E-state index contributed by atoms with van der Waals surface area (Å²) in [6.45, 7) is 7.04. The molecule has 0 atom stereocenters. The quantitative estimate of drug-likeness (QED) is 0.687. The first-order valence-corrected chi connectivity index (χ1v) is 11.5. The first-order valence-electron chi connectivity index (χ1n) is 11.5. The van der Waals surface area contributed by atoms with E-state index in [1.54, 1.807) is 4.57 Å². The lowest BCUT2D eigenvalue weighted by Crippen LogP contribution is -2.43. The monoisotopic (exact) mass is 423 g/mol. The molecule has 1 saturated carbocycles. The molecule has 2 fully saturated rings. The van der Waals surface area contributed by atoms with Crippen LogP contribution in [0.5, 0.6) is 0 Å². The number of amides is 1. The Morgan fingerprint density at radius 2 is 1.77 bits per heavy atom. The number of aryl methyl sites for hydroxylation is 1. The minimum Gasteiger partial charge on any atom is -0.379 e. The molecular formula is C25H33N3O3. The molecule has 1 aliphatic heterocycles. The third kappa shape index (κ3) is 5.25. The van der Waals surface area contributed by atoms with E-state index in [-0.39, 0.29) is 17.5 Å². The number of rotatable bonds is 7. The minimum atomic E-state index is -0.172. The van der Waals surface area contributed by atoms with E-state index in [1.165, 1.54) is 0 Å². The summed E-state index contributed by atoms with van der Waals surface area (Å²) < 4.78 is 7.10. The molecule has 2 aliphatic rings. The van der Waals surface area contributed by atoms with Gasteiger partial charge in [0.1, 0.15) is 5.56 Å². The first-order chi connectivity index (χ1) is 15.1. The zero-order chi connectivity index (χ0) is 21.6. The van der Waals surface area contributed by atoms with Gasteiger partial charge in [-0.15, -0.1) is 0 Å². The smallest absolute Gasteiger partial charge is 0.263 e. The summed E-state index contributed by atoms with van der Waals surface area (Å²) in [6.07, 6.45) is 6.12. The fourth-order valence-corrected chi connectivity index (χ4v) is 4.68. The molecule has 6 nitrogen and oxygen atoms in total. The molecule has 1 aromatic carbocycles. The van der Waals surface area contributed by atoms with Crippen LogP contribution in [0.3, 0.4) is 0 Å². The molecule has 166 valence electrons. The Morgan fingerprint density at radius 1 is 1.06 bits per heavy atom.